The van der Waals surface area contributed by atoms with Crippen molar-refractivity contribution < 1.29 is 14.6 Å². The number of carbonyl (C=O) groups is 1. The first-order valence-corrected chi connectivity index (χ1v) is 10.5. The fraction of sp³-hybridized carbons (Fsp3) is 0.435. The Bertz CT molecular complexity index is 1010. The molecule has 0 amide bonds. The second-order valence-electron chi connectivity index (χ2n) is 7.47. The molecule has 0 spiro atoms. The number of aliphatic carboxylic acids is 1. The van der Waals surface area contributed by atoms with E-state index < -0.39 is 5.97 Å². The number of carboxylic acid groups (broad SMARTS) is 1. The van der Waals surface area contributed by atoms with Crippen LogP contribution >= 0.6 is 0 Å². The van der Waals surface area contributed by atoms with Crippen molar-refractivity contribution in [3.8, 4) is 5.75 Å². The van der Waals surface area contributed by atoms with Crippen LogP contribution in [0.4, 0.5) is 5.82 Å². The van der Waals surface area contributed by atoms with Crippen molar-refractivity contribution in [2.45, 2.75) is 52.5 Å². The van der Waals surface area contributed by atoms with Gasteiger partial charge in [-0.25, -0.2) is 9.97 Å². The molecule has 0 atom stereocenters. The van der Waals surface area contributed by atoms with E-state index in [1.165, 1.54) is 12.8 Å². The largest absolute Gasteiger partial charge is 0.496 e. The van der Waals surface area contributed by atoms with Gasteiger partial charge in [-0.2, -0.15) is 0 Å². The Hall–Kier alpha value is -3.09. The third-order valence-electron chi connectivity index (χ3n) is 5.11. The molecule has 0 aliphatic rings. The van der Waals surface area contributed by atoms with E-state index in [9.17, 15) is 4.79 Å². The molecule has 0 bridgehead atoms. The van der Waals surface area contributed by atoms with Gasteiger partial charge < -0.3 is 19.7 Å². The monoisotopic (exact) mass is 410 g/mol. The third-order valence-corrected chi connectivity index (χ3v) is 5.11. The summed E-state index contributed by atoms with van der Waals surface area (Å²) in [7, 11) is 1.64. The number of aryl methyl sites for hydroxylation is 2. The number of rotatable bonds is 11. The molecular formula is C23H30N4O3. The molecule has 0 saturated heterocycles. The number of carboxylic acids is 1. The van der Waals surface area contributed by atoms with Crippen LogP contribution in [-0.4, -0.2) is 39.3 Å². The number of nitrogens with one attached hydrogen (secondary N) is 1. The molecule has 0 saturated carbocycles. The normalized spacial score (nSPS) is 11.0. The zero-order chi connectivity index (χ0) is 21.5. The average molecular weight is 411 g/mol. The minimum atomic E-state index is -0.800. The Kier molecular flexibility index (Phi) is 7.27. The van der Waals surface area contributed by atoms with E-state index in [0.29, 0.717) is 13.0 Å². The summed E-state index contributed by atoms with van der Waals surface area (Å²) in [5.74, 6) is 1.56. The first-order chi connectivity index (χ1) is 14.5. The van der Waals surface area contributed by atoms with Crippen molar-refractivity contribution >= 4 is 22.8 Å². The summed E-state index contributed by atoms with van der Waals surface area (Å²) in [5, 5.41) is 12.4. The Balaban J connectivity index is 1.87. The predicted molar refractivity (Wildman–Crippen MR) is 118 cm³/mol. The topological polar surface area (TPSA) is 89.3 Å². The zero-order valence-corrected chi connectivity index (χ0v) is 17.9. The van der Waals surface area contributed by atoms with Crippen LogP contribution in [0.15, 0.2) is 30.5 Å². The molecule has 0 aliphatic heterocycles. The highest BCUT2D eigenvalue weighted by Crippen LogP contribution is 2.27. The maximum atomic E-state index is 10.8. The highest BCUT2D eigenvalue weighted by molar-refractivity contribution is 5.86. The van der Waals surface area contributed by atoms with Gasteiger partial charge in [0.15, 0.2) is 5.82 Å². The van der Waals surface area contributed by atoms with Gasteiger partial charge in [0.1, 0.15) is 17.1 Å². The summed E-state index contributed by atoms with van der Waals surface area (Å²) < 4.78 is 7.72. The fourth-order valence-corrected chi connectivity index (χ4v) is 3.57. The fourth-order valence-electron chi connectivity index (χ4n) is 3.57. The second kappa shape index (κ2) is 10.1. The molecule has 1 aromatic carbocycles. The molecule has 0 radical (unpaired) electrons. The maximum Gasteiger partial charge on any atom is 0.303 e. The molecule has 0 fully saturated rings. The number of nitrogens with zero attached hydrogens (tertiary/aromatic N) is 3. The van der Waals surface area contributed by atoms with E-state index in [1.807, 2.05) is 37.4 Å². The number of unbranched alkanes of at least 4 members (excludes halogenated alkanes) is 2. The summed E-state index contributed by atoms with van der Waals surface area (Å²) in [5.41, 5.74) is 3.87. The van der Waals surface area contributed by atoms with Crippen LogP contribution < -0.4 is 10.1 Å². The predicted octanol–water partition coefficient (Wildman–Crippen LogP) is 4.42. The third kappa shape index (κ3) is 5.28. The van der Waals surface area contributed by atoms with Crippen molar-refractivity contribution in [2.24, 2.45) is 0 Å². The Morgan fingerprint density at radius 2 is 2.07 bits per heavy atom. The zero-order valence-electron chi connectivity index (χ0n) is 17.9. The van der Waals surface area contributed by atoms with Crippen LogP contribution in [-0.2, 0) is 17.8 Å². The van der Waals surface area contributed by atoms with Crippen LogP contribution in [0.2, 0.25) is 0 Å². The van der Waals surface area contributed by atoms with Gasteiger partial charge in [-0.1, -0.05) is 31.9 Å². The summed E-state index contributed by atoms with van der Waals surface area (Å²) in [6.45, 7) is 5.60. The number of anilines is 1. The van der Waals surface area contributed by atoms with Crippen molar-refractivity contribution in [3.05, 3.63) is 47.4 Å². The number of aromatic nitrogens is 3. The first kappa shape index (κ1) is 21.6. The molecule has 0 aliphatic carbocycles. The van der Waals surface area contributed by atoms with Gasteiger partial charge in [0, 0.05) is 24.7 Å². The Morgan fingerprint density at radius 3 is 2.80 bits per heavy atom. The highest BCUT2D eigenvalue weighted by atomic mass is 16.5. The SMILES string of the molecule is CCCCCNc1nc(C)nc2ccn(Cc3ccc(CCC(=O)O)cc3OC)c12. The second-order valence-corrected chi connectivity index (χ2v) is 7.47. The van der Waals surface area contributed by atoms with Crippen LogP contribution in [0.25, 0.3) is 11.0 Å². The molecule has 30 heavy (non-hydrogen) atoms. The lowest BCUT2D eigenvalue weighted by atomic mass is 10.1. The highest BCUT2D eigenvalue weighted by Gasteiger charge is 2.13. The molecule has 0 unspecified atom stereocenters. The Labute approximate surface area is 177 Å². The van der Waals surface area contributed by atoms with E-state index in [4.69, 9.17) is 9.84 Å². The minimum Gasteiger partial charge on any atom is -0.496 e. The van der Waals surface area contributed by atoms with Crippen molar-refractivity contribution in [2.75, 3.05) is 19.0 Å². The van der Waals surface area contributed by atoms with E-state index in [0.717, 1.165) is 52.5 Å². The quantitative estimate of drug-likeness (QED) is 0.455. The summed E-state index contributed by atoms with van der Waals surface area (Å²) >= 11 is 0. The lowest BCUT2D eigenvalue weighted by Crippen LogP contribution is -2.09. The average Bonchev–Trinajstić information content (AvgIpc) is 3.12. The molecule has 7 nitrogen and oxygen atoms in total. The summed E-state index contributed by atoms with van der Waals surface area (Å²) in [6, 6.07) is 7.91. The number of fused-ring (bicyclic) bond motifs is 1. The molecule has 2 N–H and O–H groups in total. The lowest BCUT2D eigenvalue weighted by molar-refractivity contribution is -0.136. The van der Waals surface area contributed by atoms with Crippen LogP contribution in [0, 0.1) is 6.92 Å². The molecule has 7 heteroatoms. The van der Waals surface area contributed by atoms with Crippen LogP contribution in [0.3, 0.4) is 0 Å². The van der Waals surface area contributed by atoms with Crippen LogP contribution in [0.5, 0.6) is 5.75 Å². The van der Waals surface area contributed by atoms with E-state index >= 15 is 0 Å². The van der Waals surface area contributed by atoms with Gasteiger partial charge in [-0.05, 0) is 37.5 Å². The summed E-state index contributed by atoms with van der Waals surface area (Å²) in [4.78, 5) is 20.1. The van der Waals surface area contributed by atoms with E-state index in [1.54, 1.807) is 7.11 Å². The van der Waals surface area contributed by atoms with Crippen molar-refractivity contribution in [3.63, 3.8) is 0 Å². The molecular weight excluding hydrogens is 380 g/mol. The lowest BCUT2D eigenvalue weighted by Gasteiger charge is -2.14. The number of hydrogen-bond acceptors (Lipinski definition) is 5. The van der Waals surface area contributed by atoms with Gasteiger partial charge >= 0.3 is 5.97 Å². The van der Waals surface area contributed by atoms with Gasteiger partial charge in [0.25, 0.3) is 0 Å². The van der Waals surface area contributed by atoms with Gasteiger partial charge in [0.2, 0.25) is 0 Å². The molecule has 3 aromatic rings. The summed E-state index contributed by atoms with van der Waals surface area (Å²) in [6.07, 6.45) is 6.08. The maximum absolute atomic E-state index is 10.8. The number of ether oxygens (including phenoxy) is 1. The minimum absolute atomic E-state index is 0.106. The standard InChI is InChI=1S/C23H30N4O3/c1-4-5-6-12-24-23-22-19(25-16(2)26-23)11-13-27(22)15-18-9-7-17(8-10-21(28)29)14-20(18)30-3/h7,9,11,13-14H,4-6,8,10,12,15H2,1-3H3,(H,28,29)(H,24,25,26). The number of hydrogen-bond donors (Lipinski definition) is 2. The van der Waals surface area contributed by atoms with Crippen molar-refractivity contribution in [1.29, 1.82) is 0 Å². The van der Waals surface area contributed by atoms with Crippen LogP contribution in [0.1, 0.15) is 49.6 Å². The molecule has 2 heterocycles. The van der Waals surface area contributed by atoms with E-state index in [2.05, 4.69) is 26.8 Å². The van der Waals surface area contributed by atoms with Gasteiger partial charge in [0.05, 0.1) is 19.2 Å². The molecule has 2 aromatic heterocycles. The molecule has 160 valence electrons. The first-order valence-electron chi connectivity index (χ1n) is 10.5. The van der Waals surface area contributed by atoms with Crippen molar-refractivity contribution in [1.82, 2.24) is 14.5 Å². The number of methoxy groups -OCH3 is 1. The number of benzene rings is 1. The van der Waals surface area contributed by atoms with Gasteiger partial charge in [-0.15, -0.1) is 0 Å². The molecule has 3 rings (SSSR count). The van der Waals surface area contributed by atoms with Gasteiger partial charge in [-0.3, -0.25) is 4.79 Å². The van der Waals surface area contributed by atoms with E-state index in [-0.39, 0.29) is 6.42 Å². The smallest absolute Gasteiger partial charge is 0.303 e. The Morgan fingerprint density at radius 1 is 1.23 bits per heavy atom.